The number of halogens is 2. The first-order chi connectivity index (χ1) is 8.65. The lowest BCUT2D eigenvalue weighted by molar-refractivity contribution is -0.120. The minimum atomic E-state index is 0.0802. The van der Waals surface area contributed by atoms with E-state index >= 15 is 0 Å². The number of carbonyl (C=O) groups excluding carboxylic acids is 1. The zero-order chi connectivity index (χ0) is 13.0. The van der Waals surface area contributed by atoms with Gasteiger partial charge in [-0.15, -0.1) is 0 Å². The van der Waals surface area contributed by atoms with Gasteiger partial charge in [-0.1, -0.05) is 12.8 Å². The van der Waals surface area contributed by atoms with E-state index < -0.39 is 0 Å². The van der Waals surface area contributed by atoms with Crippen LogP contribution >= 0.6 is 38.5 Å². The number of benzene rings is 1. The van der Waals surface area contributed by atoms with Crippen molar-refractivity contribution in [3.63, 3.8) is 0 Å². The van der Waals surface area contributed by atoms with Crippen LogP contribution in [0.1, 0.15) is 25.7 Å². The van der Waals surface area contributed by atoms with Gasteiger partial charge in [-0.05, 0) is 69.6 Å². The predicted molar refractivity (Wildman–Crippen MR) is 85.7 cm³/mol. The molecule has 1 aromatic carbocycles. The summed E-state index contributed by atoms with van der Waals surface area (Å²) in [4.78, 5) is 11.7. The molecule has 18 heavy (non-hydrogen) atoms. The molecule has 2 rings (SSSR count). The summed E-state index contributed by atoms with van der Waals surface area (Å²) in [6.45, 7) is 0.337. The number of hydrogen-bond acceptors (Lipinski definition) is 2. The lowest BCUT2D eigenvalue weighted by Crippen LogP contribution is -2.36. The fraction of sp³-hybridized carbons (Fsp3) is 0.462. The molecule has 0 spiro atoms. The van der Waals surface area contributed by atoms with Crippen LogP contribution in [0.3, 0.4) is 0 Å². The Balaban J connectivity index is 1.79. The highest BCUT2D eigenvalue weighted by Crippen LogP contribution is 2.22. The molecule has 1 aromatic rings. The summed E-state index contributed by atoms with van der Waals surface area (Å²) in [5.41, 5.74) is 0.962. The van der Waals surface area contributed by atoms with Gasteiger partial charge in [0.25, 0.3) is 0 Å². The molecule has 0 radical (unpaired) electrons. The molecule has 1 aliphatic rings. The molecule has 3 nitrogen and oxygen atoms in total. The summed E-state index contributed by atoms with van der Waals surface area (Å²) >= 11 is 5.74. The second kappa shape index (κ2) is 6.75. The molecule has 0 saturated heterocycles. The Hall–Kier alpha value is -0.300. The van der Waals surface area contributed by atoms with Gasteiger partial charge in [0, 0.05) is 19.8 Å². The van der Waals surface area contributed by atoms with E-state index in [0.29, 0.717) is 12.6 Å². The molecule has 1 fully saturated rings. The minimum Gasteiger partial charge on any atom is -0.376 e. The Kier molecular flexibility index (Phi) is 5.29. The van der Waals surface area contributed by atoms with Crippen molar-refractivity contribution < 1.29 is 4.79 Å². The van der Waals surface area contributed by atoms with Gasteiger partial charge < -0.3 is 10.6 Å². The van der Waals surface area contributed by atoms with E-state index in [-0.39, 0.29) is 5.91 Å². The Bertz CT molecular complexity index is 433. The molecule has 0 aromatic heterocycles. The molecular formula is C13H16BrIN2O. The second-order valence-corrected chi connectivity index (χ2v) is 6.55. The SMILES string of the molecule is O=C(CNc1ccc(I)c(Br)c1)NC1CCCC1. The predicted octanol–water partition coefficient (Wildman–Crippen LogP) is 3.52. The fourth-order valence-corrected chi connectivity index (χ4v) is 2.85. The van der Waals surface area contributed by atoms with Crippen LogP contribution in [-0.4, -0.2) is 18.5 Å². The molecule has 0 heterocycles. The van der Waals surface area contributed by atoms with Crippen LogP contribution in [0.25, 0.3) is 0 Å². The van der Waals surface area contributed by atoms with Crippen molar-refractivity contribution in [2.24, 2.45) is 0 Å². The highest BCUT2D eigenvalue weighted by atomic mass is 127. The number of amides is 1. The highest BCUT2D eigenvalue weighted by Gasteiger charge is 2.16. The second-order valence-electron chi connectivity index (χ2n) is 4.53. The van der Waals surface area contributed by atoms with Crippen LogP contribution in [0.4, 0.5) is 5.69 Å². The van der Waals surface area contributed by atoms with E-state index in [4.69, 9.17) is 0 Å². The molecular weight excluding hydrogens is 407 g/mol. The molecule has 1 saturated carbocycles. The Morgan fingerprint density at radius 2 is 2.11 bits per heavy atom. The van der Waals surface area contributed by atoms with E-state index in [1.165, 1.54) is 12.8 Å². The topological polar surface area (TPSA) is 41.1 Å². The van der Waals surface area contributed by atoms with Crippen LogP contribution in [0.2, 0.25) is 0 Å². The summed E-state index contributed by atoms with van der Waals surface area (Å²) in [5.74, 6) is 0.0802. The molecule has 0 aliphatic heterocycles. The van der Waals surface area contributed by atoms with E-state index in [1.807, 2.05) is 18.2 Å². The Labute approximate surface area is 129 Å². The molecule has 0 atom stereocenters. The third-order valence-electron chi connectivity index (χ3n) is 3.09. The van der Waals surface area contributed by atoms with Gasteiger partial charge in [0.2, 0.25) is 5.91 Å². The Morgan fingerprint density at radius 1 is 1.39 bits per heavy atom. The monoisotopic (exact) mass is 422 g/mol. The van der Waals surface area contributed by atoms with Crippen molar-refractivity contribution in [3.05, 3.63) is 26.2 Å². The smallest absolute Gasteiger partial charge is 0.239 e. The van der Waals surface area contributed by atoms with Crippen molar-refractivity contribution in [1.29, 1.82) is 0 Å². The van der Waals surface area contributed by atoms with Crippen LogP contribution in [0, 0.1) is 3.57 Å². The maximum absolute atomic E-state index is 11.7. The zero-order valence-electron chi connectivity index (χ0n) is 10.0. The van der Waals surface area contributed by atoms with Gasteiger partial charge >= 0.3 is 0 Å². The Morgan fingerprint density at radius 3 is 2.78 bits per heavy atom. The molecule has 98 valence electrons. The quantitative estimate of drug-likeness (QED) is 0.729. The van der Waals surface area contributed by atoms with Crippen LogP contribution in [0.15, 0.2) is 22.7 Å². The third-order valence-corrected chi connectivity index (χ3v) is 5.43. The normalized spacial score (nSPS) is 15.7. The maximum atomic E-state index is 11.7. The number of carbonyl (C=O) groups is 1. The van der Waals surface area contributed by atoms with Crippen molar-refractivity contribution in [2.75, 3.05) is 11.9 Å². The van der Waals surface area contributed by atoms with Gasteiger partial charge in [-0.3, -0.25) is 4.79 Å². The first-order valence-electron chi connectivity index (χ1n) is 6.13. The van der Waals surface area contributed by atoms with Gasteiger partial charge in [-0.25, -0.2) is 0 Å². The average Bonchev–Trinajstić information content (AvgIpc) is 2.83. The molecule has 1 aliphatic carbocycles. The maximum Gasteiger partial charge on any atom is 0.239 e. The molecule has 2 N–H and O–H groups in total. The number of rotatable bonds is 4. The lowest BCUT2D eigenvalue weighted by Gasteiger charge is -2.13. The summed E-state index contributed by atoms with van der Waals surface area (Å²) in [5, 5.41) is 6.20. The van der Waals surface area contributed by atoms with Gasteiger partial charge in [-0.2, -0.15) is 0 Å². The van der Waals surface area contributed by atoms with E-state index in [1.54, 1.807) is 0 Å². The summed E-state index contributed by atoms with van der Waals surface area (Å²) in [6.07, 6.45) is 4.73. The van der Waals surface area contributed by atoms with Gasteiger partial charge in [0.1, 0.15) is 0 Å². The zero-order valence-corrected chi connectivity index (χ0v) is 13.8. The van der Waals surface area contributed by atoms with Crippen molar-refractivity contribution >= 4 is 50.1 Å². The van der Waals surface area contributed by atoms with E-state index in [9.17, 15) is 4.79 Å². The number of hydrogen-bond donors (Lipinski definition) is 2. The molecule has 1 amide bonds. The lowest BCUT2D eigenvalue weighted by atomic mass is 10.2. The minimum absolute atomic E-state index is 0.0802. The first kappa shape index (κ1) is 14.1. The largest absolute Gasteiger partial charge is 0.376 e. The third kappa shape index (κ3) is 4.12. The van der Waals surface area contributed by atoms with Crippen molar-refractivity contribution in [3.8, 4) is 0 Å². The fourth-order valence-electron chi connectivity index (χ4n) is 2.14. The first-order valence-corrected chi connectivity index (χ1v) is 8.00. The van der Waals surface area contributed by atoms with E-state index in [0.717, 1.165) is 26.6 Å². The standard InChI is InChI=1S/C13H16BrIN2O/c14-11-7-10(5-6-12(11)15)16-8-13(18)17-9-3-1-2-4-9/h5-7,9,16H,1-4,8H2,(H,17,18). The van der Waals surface area contributed by atoms with E-state index in [2.05, 4.69) is 49.2 Å². The number of anilines is 1. The number of nitrogens with one attached hydrogen (secondary N) is 2. The van der Waals surface area contributed by atoms with Crippen LogP contribution < -0.4 is 10.6 Å². The van der Waals surface area contributed by atoms with Crippen LogP contribution in [-0.2, 0) is 4.79 Å². The average molecular weight is 423 g/mol. The molecule has 0 unspecified atom stereocenters. The molecule has 5 heteroatoms. The van der Waals surface area contributed by atoms with Crippen molar-refractivity contribution in [2.45, 2.75) is 31.7 Å². The van der Waals surface area contributed by atoms with Gasteiger partial charge in [0.15, 0.2) is 0 Å². The summed E-state index contributed by atoms with van der Waals surface area (Å²) in [6, 6.07) is 6.38. The summed E-state index contributed by atoms with van der Waals surface area (Å²) in [7, 11) is 0. The highest BCUT2D eigenvalue weighted by molar-refractivity contribution is 14.1. The summed E-state index contributed by atoms with van der Waals surface area (Å²) < 4.78 is 2.21. The molecule has 0 bridgehead atoms. The van der Waals surface area contributed by atoms with Gasteiger partial charge in [0.05, 0.1) is 6.54 Å². The van der Waals surface area contributed by atoms with Crippen molar-refractivity contribution in [1.82, 2.24) is 5.32 Å². The van der Waals surface area contributed by atoms with Crippen LogP contribution in [0.5, 0.6) is 0 Å².